The SMILES string of the molecule is C[C@@H](Oc1ccc(C(C)(C)C)cc1)C(=O)Nc1ccc(Cl)cc1Cl. The third kappa shape index (κ3) is 4.89. The van der Waals surface area contributed by atoms with E-state index in [2.05, 4.69) is 26.1 Å². The molecule has 1 amide bonds. The largest absolute Gasteiger partial charge is 0.481 e. The van der Waals surface area contributed by atoms with Gasteiger partial charge in [-0.3, -0.25) is 4.79 Å². The molecule has 1 N–H and O–H groups in total. The summed E-state index contributed by atoms with van der Waals surface area (Å²) in [6, 6.07) is 12.7. The summed E-state index contributed by atoms with van der Waals surface area (Å²) in [4.78, 5) is 12.3. The first-order chi connectivity index (χ1) is 11.2. The fourth-order valence-electron chi connectivity index (χ4n) is 2.12. The van der Waals surface area contributed by atoms with Crippen molar-refractivity contribution >= 4 is 34.8 Å². The second kappa shape index (κ2) is 7.45. The highest BCUT2D eigenvalue weighted by Gasteiger charge is 2.17. The fourth-order valence-corrected chi connectivity index (χ4v) is 2.57. The standard InChI is InChI=1S/C19H21Cl2NO2/c1-12(18(23)22-17-10-7-14(20)11-16(17)21)24-15-8-5-13(6-9-15)19(2,3)4/h5-12H,1-4H3,(H,22,23)/t12-/m1/s1. The van der Waals surface area contributed by atoms with E-state index in [1.54, 1.807) is 25.1 Å². The Hall–Kier alpha value is -1.71. The molecule has 24 heavy (non-hydrogen) atoms. The Morgan fingerprint density at radius 2 is 1.71 bits per heavy atom. The lowest BCUT2D eigenvalue weighted by Gasteiger charge is -2.20. The number of nitrogens with one attached hydrogen (secondary N) is 1. The van der Waals surface area contributed by atoms with E-state index >= 15 is 0 Å². The molecule has 2 aromatic carbocycles. The molecule has 0 radical (unpaired) electrons. The molecule has 0 aliphatic heterocycles. The van der Waals surface area contributed by atoms with Crippen molar-refractivity contribution in [2.24, 2.45) is 0 Å². The van der Waals surface area contributed by atoms with E-state index in [4.69, 9.17) is 27.9 Å². The highest BCUT2D eigenvalue weighted by molar-refractivity contribution is 6.36. The Balaban J connectivity index is 2.01. The summed E-state index contributed by atoms with van der Waals surface area (Å²) in [6.07, 6.45) is -0.655. The van der Waals surface area contributed by atoms with Crippen LogP contribution in [-0.2, 0) is 10.2 Å². The number of carbonyl (C=O) groups excluding carboxylic acids is 1. The number of hydrogen-bond acceptors (Lipinski definition) is 2. The average molecular weight is 366 g/mol. The number of hydrogen-bond donors (Lipinski definition) is 1. The molecule has 3 nitrogen and oxygen atoms in total. The van der Waals surface area contributed by atoms with Crippen LogP contribution >= 0.6 is 23.2 Å². The van der Waals surface area contributed by atoms with Crippen LogP contribution in [0.4, 0.5) is 5.69 Å². The molecule has 0 saturated heterocycles. The molecule has 0 saturated carbocycles. The van der Waals surface area contributed by atoms with E-state index in [1.165, 1.54) is 5.56 Å². The molecule has 128 valence electrons. The fraction of sp³-hybridized carbons (Fsp3) is 0.316. The molecule has 5 heteroatoms. The second-order valence-electron chi connectivity index (χ2n) is 6.65. The number of rotatable bonds is 4. The van der Waals surface area contributed by atoms with Crippen molar-refractivity contribution in [1.29, 1.82) is 0 Å². The van der Waals surface area contributed by atoms with Gasteiger partial charge in [-0.2, -0.15) is 0 Å². The number of benzene rings is 2. The van der Waals surface area contributed by atoms with Gasteiger partial charge in [-0.15, -0.1) is 0 Å². The van der Waals surface area contributed by atoms with Gasteiger partial charge >= 0.3 is 0 Å². The Labute approximate surface area is 152 Å². The molecule has 0 aromatic heterocycles. The van der Waals surface area contributed by atoms with E-state index in [-0.39, 0.29) is 11.3 Å². The molecule has 0 aliphatic carbocycles. The van der Waals surface area contributed by atoms with Gasteiger partial charge in [-0.1, -0.05) is 56.1 Å². The van der Waals surface area contributed by atoms with Gasteiger partial charge in [0.1, 0.15) is 5.75 Å². The Morgan fingerprint density at radius 3 is 2.25 bits per heavy atom. The lowest BCUT2D eigenvalue weighted by atomic mass is 9.87. The second-order valence-corrected chi connectivity index (χ2v) is 7.49. The minimum Gasteiger partial charge on any atom is -0.481 e. The average Bonchev–Trinajstić information content (AvgIpc) is 2.49. The smallest absolute Gasteiger partial charge is 0.265 e. The van der Waals surface area contributed by atoms with Crippen LogP contribution in [-0.4, -0.2) is 12.0 Å². The Kier molecular flexibility index (Phi) is 5.79. The monoisotopic (exact) mass is 365 g/mol. The van der Waals surface area contributed by atoms with Gasteiger partial charge in [0.25, 0.3) is 5.91 Å². The van der Waals surface area contributed by atoms with Crippen LogP contribution < -0.4 is 10.1 Å². The van der Waals surface area contributed by atoms with E-state index in [1.807, 2.05) is 24.3 Å². The number of carbonyl (C=O) groups is 1. The predicted octanol–water partition coefficient (Wildman–Crippen LogP) is 5.70. The van der Waals surface area contributed by atoms with Crippen molar-refractivity contribution in [1.82, 2.24) is 0 Å². The summed E-state index contributed by atoms with van der Waals surface area (Å²) in [6.45, 7) is 8.13. The molecular formula is C19H21Cl2NO2. The number of anilines is 1. The maximum absolute atomic E-state index is 12.3. The van der Waals surface area contributed by atoms with Crippen molar-refractivity contribution < 1.29 is 9.53 Å². The molecule has 0 spiro atoms. The number of ether oxygens (including phenoxy) is 1. The van der Waals surface area contributed by atoms with Crippen molar-refractivity contribution in [3.63, 3.8) is 0 Å². The van der Waals surface area contributed by atoms with Gasteiger partial charge in [-0.05, 0) is 48.2 Å². The molecular weight excluding hydrogens is 345 g/mol. The van der Waals surface area contributed by atoms with E-state index in [9.17, 15) is 4.79 Å². The zero-order valence-corrected chi connectivity index (χ0v) is 15.7. The molecule has 0 fully saturated rings. The lowest BCUT2D eigenvalue weighted by molar-refractivity contribution is -0.122. The summed E-state index contributed by atoms with van der Waals surface area (Å²) < 4.78 is 5.70. The first kappa shape index (κ1) is 18.6. The summed E-state index contributed by atoms with van der Waals surface area (Å²) in [5.74, 6) is 0.368. The van der Waals surface area contributed by atoms with E-state index < -0.39 is 6.10 Å². The van der Waals surface area contributed by atoms with Gasteiger partial charge in [-0.25, -0.2) is 0 Å². The predicted molar refractivity (Wildman–Crippen MR) is 100 cm³/mol. The molecule has 2 rings (SSSR count). The van der Waals surface area contributed by atoms with Crippen LogP contribution in [0.15, 0.2) is 42.5 Å². The van der Waals surface area contributed by atoms with Crippen molar-refractivity contribution in [2.75, 3.05) is 5.32 Å². The first-order valence-electron chi connectivity index (χ1n) is 7.70. The van der Waals surface area contributed by atoms with Gasteiger partial charge in [0.05, 0.1) is 10.7 Å². The normalized spacial score (nSPS) is 12.6. The van der Waals surface area contributed by atoms with Crippen LogP contribution in [0.3, 0.4) is 0 Å². The highest BCUT2D eigenvalue weighted by Crippen LogP contribution is 2.26. The maximum Gasteiger partial charge on any atom is 0.265 e. The van der Waals surface area contributed by atoms with Crippen LogP contribution in [0, 0.1) is 0 Å². The Morgan fingerprint density at radius 1 is 1.08 bits per heavy atom. The topological polar surface area (TPSA) is 38.3 Å². The van der Waals surface area contributed by atoms with E-state index in [0.717, 1.165) is 0 Å². The van der Waals surface area contributed by atoms with Gasteiger partial charge in [0.2, 0.25) is 0 Å². The van der Waals surface area contributed by atoms with Crippen LogP contribution in [0.25, 0.3) is 0 Å². The van der Waals surface area contributed by atoms with E-state index in [0.29, 0.717) is 21.5 Å². The number of amides is 1. The lowest BCUT2D eigenvalue weighted by Crippen LogP contribution is -2.30. The summed E-state index contributed by atoms with van der Waals surface area (Å²) in [5, 5.41) is 3.64. The minimum atomic E-state index is -0.655. The quantitative estimate of drug-likeness (QED) is 0.754. The third-order valence-corrected chi connectivity index (χ3v) is 4.14. The molecule has 0 aliphatic rings. The minimum absolute atomic E-state index is 0.0762. The van der Waals surface area contributed by atoms with Gasteiger partial charge in [0.15, 0.2) is 6.10 Å². The maximum atomic E-state index is 12.3. The molecule has 0 unspecified atom stereocenters. The van der Waals surface area contributed by atoms with Gasteiger partial charge < -0.3 is 10.1 Å². The highest BCUT2D eigenvalue weighted by atomic mass is 35.5. The van der Waals surface area contributed by atoms with Gasteiger partial charge in [0, 0.05) is 5.02 Å². The third-order valence-electron chi connectivity index (χ3n) is 3.59. The summed E-state index contributed by atoms with van der Waals surface area (Å²) >= 11 is 11.9. The zero-order chi connectivity index (χ0) is 17.9. The molecule has 0 bridgehead atoms. The van der Waals surface area contributed by atoms with Crippen LogP contribution in [0.2, 0.25) is 10.0 Å². The zero-order valence-electron chi connectivity index (χ0n) is 14.2. The van der Waals surface area contributed by atoms with Crippen molar-refractivity contribution in [3.8, 4) is 5.75 Å². The first-order valence-corrected chi connectivity index (χ1v) is 8.45. The molecule has 2 aromatic rings. The van der Waals surface area contributed by atoms with Crippen LogP contribution in [0.1, 0.15) is 33.3 Å². The number of halogens is 2. The van der Waals surface area contributed by atoms with Crippen molar-refractivity contribution in [2.45, 2.75) is 39.2 Å². The van der Waals surface area contributed by atoms with Crippen LogP contribution in [0.5, 0.6) is 5.75 Å². The summed E-state index contributed by atoms with van der Waals surface area (Å²) in [5.41, 5.74) is 1.79. The summed E-state index contributed by atoms with van der Waals surface area (Å²) in [7, 11) is 0. The Bertz CT molecular complexity index is 721. The molecule has 1 atom stereocenters. The van der Waals surface area contributed by atoms with Crippen molar-refractivity contribution in [3.05, 3.63) is 58.1 Å². The molecule has 0 heterocycles.